The third-order valence-electron chi connectivity index (χ3n) is 4.81. The van der Waals surface area contributed by atoms with Gasteiger partial charge in [0.15, 0.2) is 4.91 Å². The molecule has 0 aromatic heterocycles. The first kappa shape index (κ1) is 19.2. The van der Waals surface area contributed by atoms with Crippen molar-refractivity contribution in [3.05, 3.63) is 70.6 Å². The van der Waals surface area contributed by atoms with Crippen LogP contribution in [0.5, 0.6) is 0 Å². The second kappa shape index (κ2) is 7.56. The number of benzene rings is 2. The smallest absolute Gasteiger partial charge is 0.270 e. The molecule has 0 saturated heterocycles. The molecule has 0 N–H and O–H groups in total. The minimum Gasteiger partial charge on any atom is -0.339 e. The molecule has 1 aliphatic heterocycles. The van der Waals surface area contributed by atoms with E-state index in [9.17, 15) is 13.2 Å². The topological polar surface area (TPSA) is 57.7 Å². The first-order valence-corrected chi connectivity index (χ1v) is 10.6. The first-order valence-electron chi connectivity index (χ1n) is 9.18. The molecule has 0 bridgehead atoms. The van der Waals surface area contributed by atoms with E-state index in [-0.39, 0.29) is 11.4 Å². The zero-order chi connectivity index (χ0) is 19.6. The van der Waals surface area contributed by atoms with Gasteiger partial charge < -0.3 is 4.90 Å². The van der Waals surface area contributed by atoms with Crippen LogP contribution < -0.4 is 4.31 Å². The lowest BCUT2D eigenvalue weighted by Gasteiger charge is -2.34. The van der Waals surface area contributed by atoms with Crippen molar-refractivity contribution in [2.75, 3.05) is 23.9 Å². The van der Waals surface area contributed by atoms with Gasteiger partial charge in [-0.05, 0) is 32.4 Å². The number of carbonyl (C=O) groups excluding carboxylic acids is 1. The van der Waals surface area contributed by atoms with Crippen molar-refractivity contribution in [3.8, 4) is 0 Å². The number of nitrogens with zero attached hydrogens (tertiary/aromatic N) is 2. The molecule has 1 amide bonds. The minimum absolute atomic E-state index is 0.141. The molecule has 0 aliphatic carbocycles. The van der Waals surface area contributed by atoms with Crippen LogP contribution in [0.15, 0.2) is 59.5 Å². The number of hydrogen-bond acceptors (Lipinski definition) is 3. The molecule has 2 aromatic rings. The summed E-state index contributed by atoms with van der Waals surface area (Å²) in [7, 11) is -3.97. The normalized spacial score (nSPS) is 15.4. The van der Waals surface area contributed by atoms with Gasteiger partial charge >= 0.3 is 0 Å². The zero-order valence-corrected chi connectivity index (χ0v) is 16.7. The molecule has 1 aliphatic rings. The third kappa shape index (κ3) is 3.14. The van der Waals surface area contributed by atoms with Gasteiger partial charge in [0, 0.05) is 30.8 Å². The highest BCUT2D eigenvalue weighted by Gasteiger charge is 2.41. The Hall–Kier alpha value is -2.60. The number of likely N-dealkylation sites (N-methyl/N-ethyl adjacent to an activating group) is 1. The fourth-order valence-corrected chi connectivity index (χ4v) is 5.31. The van der Waals surface area contributed by atoms with E-state index in [0.717, 1.165) is 11.1 Å². The van der Waals surface area contributed by atoms with Crippen LogP contribution in [-0.4, -0.2) is 38.9 Å². The number of amides is 1. The third-order valence-corrected chi connectivity index (χ3v) is 6.74. The standard InChI is InChI=1S/C21H24N2O3S/c1-4-22(5-2)21(24)20-19(16-12-8-7-9-13-16)17-14-10-11-15-18(17)23(6-3)27(20,25)26/h7-15H,4-6H2,1-3H3. The van der Waals surface area contributed by atoms with E-state index in [1.54, 1.807) is 17.9 Å². The molecule has 142 valence electrons. The summed E-state index contributed by atoms with van der Waals surface area (Å²) in [5.41, 5.74) is 2.57. The Balaban J connectivity index is 2.42. The lowest BCUT2D eigenvalue weighted by molar-refractivity contribution is -0.126. The Morgan fingerprint density at radius 3 is 2.11 bits per heavy atom. The summed E-state index contributed by atoms with van der Waals surface area (Å²) in [4.78, 5) is 14.7. The van der Waals surface area contributed by atoms with Crippen molar-refractivity contribution < 1.29 is 13.2 Å². The first-order chi connectivity index (χ1) is 13.0. The summed E-state index contributed by atoms with van der Waals surface area (Å²) in [6, 6.07) is 16.6. The summed E-state index contributed by atoms with van der Waals surface area (Å²) in [5.74, 6) is -0.452. The van der Waals surface area contributed by atoms with Gasteiger partial charge in [-0.15, -0.1) is 0 Å². The molecule has 0 atom stereocenters. The second-order valence-electron chi connectivity index (χ2n) is 6.23. The number of carbonyl (C=O) groups is 1. The van der Waals surface area contributed by atoms with Gasteiger partial charge in [-0.1, -0.05) is 48.5 Å². The van der Waals surface area contributed by atoms with E-state index in [1.165, 1.54) is 4.31 Å². The molecule has 0 saturated carbocycles. The Morgan fingerprint density at radius 1 is 0.926 bits per heavy atom. The van der Waals surface area contributed by atoms with Gasteiger partial charge in [0.25, 0.3) is 15.9 Å². The van der Waals surface area contributed by atoms with Crippen LogP contribution in [0.1, 0.15) is 31.9 Å². The van der Waals surface area contributed by atoms with Crippen LogP contribution in [0.3, 0.4) is 0 Å². The lowest BCUT2D eigenvalue weighted by atomic mass is 9.95. The second-order valence-corrected chi connectivity index (χ2v) is 8.03. The van der Waals surface area contributed by atoms with Crippen molar-refractivity contribution in [1.82, 2.24) is 4.90 Å². The van der Waals surface area contributed by atoms with E-state index < -0.39 is 15.9 Å². The van der Waals surface area contributed by atoms with Crippen molar-refractivity contribution >= 4 is 27.2 Å². The fourth-order valence-electron chi connectivity index (χ4n) is 3.50. The number of hydrogen-bond donors (Lipinski definition) is 0. The van der Waals surface area contributed by atoms with E-state index >= 15 is 0 Å². The monoisotopic (exact) mass is 384 g/mol. The Morgan fingerprint density at radius 2 is 1.52 bits per heavy atom. The molecule has 0 fully saturated rings. The molecule has 0 spiro atoms. The van der Waals surface area contributed by atoms with Gasteiger partial charge in [0.1, 0.15) is 0 Å². The van der Waals surface area contributed by atoms with E-state index in [4.69, 9.17) is 0 Å². The Kier molecular flexibility index (Phi) is 5.37. The van der Waals surface area contributed by atoms with E-state index in [0.29, 0.717) is 24.4 Å². The van der Waals surface area contributed by atoms with Gasteiger partial charge in [-0.3, -0.25) is 9.10 Å². The molecule has 2 aromatic carbocycles. The number of anilines is 1. The van der Waals surface area contributed by atoms with Crippen LogP contribution in [-0.2, 0) is 14.8 Å². The van der Waals surface area contributed by atoms with Gasteiger partial charge in [0.05, 0.1) is 5.69 Å². The average molecular weight is 385 g/mol. The number of para-hydroxylation sites is 1. The maximum Gasteiger partial charge on any atom is 0.270 e. The summed E-state index contributed by atoms with van der Waals surface area (Å²) in [6.45, 7) is 6.64. The van der Waals surface area contributed by atoms with Crippen molar-refractivity contribution in [2.24, 2.45) is 0 Å². The summed E-state index contributed by atoms with van der Waals surface area (Å²) in [6.07, 6.45) is 0. The average Bonchev–Trinajstić information content (AvgIpc) is 2.68. The summed E-state index contributed by atoms with van der Waals surface area (Å²) < 4.78 is 28.3. The molecule has 27 heavy (non-hydrogen) atoms. The van der Waals surface area contributed by atoms with Crippen LogP contribution in [0.4, 0.5) is 5.69 Å². The van der Waals surface area contributed by atoms with Crippen LogP contribution in [0.2, 0.25) is 0 Å². The molecule has 0 unspecified atom stereocenters. The maximum absolute atomic E-state index is 13.5. The number of sulfonamides is 1. The largest absolute Gasteiger partial charge is 0.339 e. The summed E-state index contributed by atoms with van der Waals surface area (Å²) >= 11 is 0. The lowest BCUT2D eigenvalue weighted by Crippen LogP contribution is -2.43. The molecule has 5 nitrogen and oxygen atoms in total. The van der Waals surface area contributed by atoms with Crippen molar-refractivity contribution in [2.45, 2.75) is 20.8 Å². The SMILES string of the molecule is CCN(CC)C(=O)C1=C(c2ccccc2)c2ccccc2N(CC)S1(=O)=O. The number of rotatable bonds is 5. The van der Waals surface area contributed by atoms with Crippen LogP contribution in [0.25, 0.3) is 5.57 Å². The Bertz CT molecular complexity index is 977. The summed E-state index contributed by atoms with van der Waals surface area (Å²) in [5, 5.41) is 0. The molecular weight excluding hydrogens is 360 g/mol. The number of fused-ring (bicyclic) bond motifs is 1. The highest BCUT2D eigenvalue weighted by Crippen LogP contribution is 2.42. The van der Waals surface area contributed by atoms with Crippen LogP contribution >= 0.6 is 0 Å². The fraction of sp³-hybridized carbons (Fsp3) is 0.286. The predicted octanol–water partition coefficient (Wildman–Crippen LogP) is 3.48. The Labute approximate surface area is 161 Å². The zero-order valence-electron chi connectivity index (χ0n) is 15.8. The quantitative estimate of drug-likeness (QED) is 0.793. The molecular formula is C21H24N2O3S. The van der Waals surface area contributed by atoms with Crippen molar-refractivity contribution in [1.29, 1.82) is 0 Å². The predicted molar refractivity (Wildman–Crippen MR) is 109 cm³/mol. The highest BCUT2D eigenvalue weighted by atomic mass is 32.2. The highest BCUT2D eigenvalue weighted by molar-refractivity contribution is 7.97. The molecule has 0 radical (unpaired) electrons. The van der Waals surface area contributed by atoms with Gasteiger partial charge in [-0.25, -0.2) is 8.42 Å². The minimum atomic E-state index is -3.97. The van der Waals surface area contributed by atoms with Gasteiger partial charge in [0.2, 0.25) is 0 Å². The van der Waals surface area contributed by atoms with Crippen molar-refractivity contribution in [3.63, 3.8) is 0 Å². The molecule has 1 heterocycles. The van der Waals surface area contributed by atoms with E-state index in [1.807, 2.05) is 62.4 Å². The molecule has 6 heteroatoms. The van der Waals surface area contributed by atoms with Crippen LogP contribution in [0, 0.1) is 0 Å². The van der Waals surface area contributed by atoms with Gasteiger partial charge in [-0.2, -0.15) is 0 Å². The maximum atomic E-state index is 13.5. The van der Waals surface area contributed by atoms with E-state index in [2.05, 4.69) is 0 Å². The molecule has 3 rings (SSSR count).